The number of aromatic hydroxyl groups is 1. The van der Waals surface area contributed by atoms with E-state index in [1.165, 1.54) is 5.56 Å². The summed E-state index contributed by atoms with van der Waals surface area (Å²) in [5, 5.41) is 30.4. The predicted molar refractivity (Wildman–Crippen MR) is 140 cm³/mol. The summed E-state index contributed by atoms with van der Waals surface area (Å²) < 4.78 is 0. The van der Waals surface area contributed by atoms with E-state index >= 15 is 0 Å². The molecule has 2 aliphatic carbocycles. The molecule has 4 nitrogen and oxygen atoms in total. The maximum Gasteiger partial charge on any atom is 0.115 e. The van der Waals surface area contributed by atoms with E-state index in [1.54, 1.807) is 36.4 Å². The Bertz CT molecular complexity index is 881. The van der Waals surface area contributed by atoms with Gasteiger partial charge in [-0.15, -0.1) is 0 Å². The van der Waals surface area contributed by atoms with Crippen LogP contribution in [0, 0.1) is 24.8 Å². The maximum atomic E-state index is 9.36. The molecule has 34 heavy (non-hydrogen) atoms. The minimum absolute atomic E-state index is 0. The van der Waals surface area contributed by atoms with Crippen molar-refractivity contribution in [3.8, 4) is 5.75 Å². The third kappa shape index (κ3) is 15.9. The van der Waals surface area contributed by atoms with E-state index in [-0.39, 0.29) is 44.0 Å². The summed E-state index contributed by atoms with van der Waals surface area (Å²) in [5.74, 6) is 1.38. The average molecular weight is 540 g/mol. The van der Waals surface area contributed by atoms with E-state index < -0.39 is 0 Å². The van der Waals surface area contributed by atoms with Crippen LogP contribution in [-0.4, -0.2) is 20.9 Å². The van der Waals surface area contributed by atoms with Crippen molar-refractivity contribution in [1.82, 2.24) is 5.32 Å². The first-order valence-electron chi connectivity index (χ1n) is 11.3. The van der Waals surface area contributed by atoms with Gasteiger partial charge in [0, 0.05) is 38.2 Å². The van der Waals surface area contributed by atoms with Gasteiger partial charge in [-0.25, -0.2) is 0 Å². The van der Waals surface area contributed by atoms with E-state index in [2.05, 4.69) is 46.5 Å². The minimum atomic E-state index is -0.216. The summed E-state index contributed by atoms with van der Waals surface area (Å²) >= 11 is 0. The molecule has 2 unspecified atom stereocenters. The van der Waals surface area contributed by atoms with E-state index in [1.807, 2.05) is 55.5 Å². The van der Waals surface area contributed by atoms with Crippen molar-refractivity contribution in [1.29, 1.82) is 0 Å². The summed E-state index contributed by atoms with van der Waals surface area (Å²) in [6, 6.07) is 7.09. The number of rotatable bonds is 3. The quantitative estimate of drug-likeness (QED) is 0.302. The van der Waals surface area contributed by atoms with Gasteiger partial charge >= 0.3 is 0 Å². The van der Waals surface area contributed by atoms with E-state index in [4.69, 9.17) is 10.2 Å². The molecule has 0 saturated heterocycles. The van der Waals surface area contributed by atoms with Gasteiger partial charge < -0.3 is 20.6 Å². The molecule has 2 atom stereocenters. The molecule has 0 bridgehead atoms. The third-order valence-corrected chi connectivity index (χ3v) is 4.72. The molecule has 1 aromatic rings. The molecule has 1 aromatic carbocycles. The van der Waals surface area contributed by atoms with Crippen LogP contribution in [0.25, 0.3) is 0 Å². The Morgan fingerprint density at radius 2 is 1.50 bits per heavy atom. The van der Waals surface area contributed by atoms with Crippen LogP contribution in [0.5, 0.6) is 5.75 Å². The summed E-state index contributed by atoms with van der Waals surface area (Å²) in [4.78, 5) is 0. The first-order chi connectivity index (χ1) is 15.4. The zero-order chi connectivity index (χ0) is 24.9. The number of hydrogen-bond donors (Lipinski definition) is 4. The van der Waals surface area contributed by atoms with Gasteiger partial charge in [0.1, 0.15) is 17.3 Å². The van der Waals surface area contributed by atoms with E-state index in [9.17, 15) is 5.11 Å². The Labute approximate surface area is 231 Å². The molecule has 0 heterocycles. The molecule has 183 valence electrons. The molecule has 0 aliphatic heterocycles. The number of aliphatic hydroxyl groups excluding tert-OH is 2. The van der Waals surface area contributed by atoms with Crippen molar-refractivity contribution in [3.05, 3.63) is 109 Å². The van der Waals surface area contributed by atoms with Crippen molar-refractivity contribution >= 4 is 0 Å². The van der Waals surface area contributed by atoms with Gasteiger partial charge in [0.15, 0.2) is 0 Å². The van der Waals surface area contributed by atoms with Crippen LogP contribution >= 0.6 is 0 Å². The topological polar surface area (TPSA) is 72.7 Å². The van der Waals surface area contributed by atoms with Crippen LogP contribution in [0.4, 0.5) is 0 Å². The second kappa shape index (κ2) is 15.9. The van der Waals surface area contributed by atoms with Crippen molar-refractivity contribution in [3.63, 3.8) is 0 Å². The fourth-order valence-corrected chi connectivity index (χ4v) is 2.63. The van der Waals surface area contributed by atoms with Crippen LogP contribution in [0.3, 0.4) is 0 Å². The van der Waals surface area contributed by atoms with Gasteiger partial charge in [-0.3, -0.25) is 6.54 Å². The fourth-order valence-electron chi connectivity index (χ4n) is 2.63. The van der Waals surface area contributed by atoms with Gasteiger partial charge in [0.2, 0.25) is 0 Å². The van der Waals surface area contributed by atoms with Crippen LogP contribution in [0.15, 0.2) is 96.5 Å². The molecule has 4 N–H and O–H groups in total. The Morgan fingerprint density at radius 1 is 0.912 bits per heavy atom. The Morgan fingerprint density at radius 3 is 2.09 bits per heavy atom. The van der Waals surface area contributed by atoms with Gasteiger partial charge in [-0.2, -0.15) is 6.42 Å². The Balaban J connectivity index is 0.000000514. The number of phenolic OH excluding ortho intramolecular Hbond substituents is 1. The molecule has 5 heteroatoms. The molecule has 2 aliphatic rings. The van der Waals surface area contributed by atoms with Crippen LogP contribution in [-0.2, 0) is 32.7 Å². The predicted octanol–water partition coefficient (Wildman–Crippen LogP) is 7.39. The second-order valence-electron chi connectivity index (χ2n) is 9.71. The number of allylic oxidation sites excluding steroid dienone is 8. The summed E-state index contributed by atoms with van der Waals surface area (Å²) in [6.45, 7) is 14.8. The smallest absolute Gasteiger partial charge is 0.115 e. The Kier molecular flexibility index (Phi) is 15.0. The number of hydrogen-bond acceptors (Lipinski definition) is 4. The van der Waals surface area contributed by atoms with Gasteiger partial charge in [-0.05, 0) is 56.2 Å². The second-order valence-corrected chi connectivity index (χ2v) is 9.71. The maximum absolute atomic E-state index is 9.36. The fraction of sp³-hybridized carbons (Fsp3) is 0.345. The molecule has 0 aromatic heterocycles. The van der Waals surface area contributed by atoms with Crippen LogP contribution in [0.1, 0.15) is 46.6 Å². The van der Waals surface area contributed by atoms with Gasteiger partial charge in [0.25, 0.3) is 0 Å². The molecular weight excluding hydrogens is 499 g/mol. The molecule has 3 rings (SSSR count). The van der Waals surface area contributed by atoms with Gasteiger partial charge in [-0.1, -0.05) is 87.3 Å². The third-order valence-electron chi connectivity index (χ3n) is 4.72. The molecular formula is C29H40NO3Y-. The number of nitrogens with one attached hydrogen (secondary N) is 1. The van der Waals surface area contributed by atoms with E-state index in [0.29, 0.717) is 22.8 Å². The minimum Gasteiger partial charge on any atom is -0.508 e. The van der Waals surface area contributed by atoms with Crippen molar-refractivity contribution in [2.24, 2.45) is 11.3 Å². The molecule has 0 fully saturated rings. The summed E-state index contributed by atoms with van der Waals surface area (Å²) in [6.07, 6.45) is 19.5. The normalized spacial score (nSPS) is 20.8. The van der Waals surface area contributed by atoms with E-state index in [0.717, 1.165) is 6.42 Å². The summed E-state index contributed by atoms with van der Waals surface area (Å²) in [5.41, 5.74) is 1.25. The standard InChI is InChI=1S/C14H22NO.C8H10O.C7H8O.Y/c1-13(2,3)10-11-15-14(4)8-5-6-12(16)7-9-14;1-7-3-2-4-8(9)6-5-7;1-6-2-4-7(8)5-3-6;/h5-9,11,15-16H,10H2,1-4H3;2-7,9H,1H3;2-5,8H,1H3;/q-1;;;. The first kappa shape index (κ1) is 32.1. The largest absolute Gasteiger partial charge is 0.508 e. The number of benzene rings is 1. The van der Waals surface area contributed by atoms with Crippen LogP contribution in [0.2, 0.25) is 0 Å². The molecule has 0 amide bonds. The number of aliphatic hydroxyl groups is 2. The number of phenols is 1. The van der Waals surface area contributed by atoms with Crippen molar-refractivity contribution in [2.45, 2.75) is 53.5 Å². The monoisotopic (exact) mass is 539 g/mol. The molecule has 0 saturated carbocycles. The summed E-state index contributed by atoms with van der Waals surface area (Å²) in [7, 11) is 0. The number of aryl methyl sites for hydroxylation is 1. The first-order valence-corrected chi connectivity index (χ1v) is 11.3. The van der Waals surface area contributed by atoms with Crippen LogP contribution < -0.4 is 5.32 Å². The van der Waals surface area contributed by atoms with Crippen molar-refractivity contribution in [2.75, 3.05) is 0 Å². The zero-order valence-electron chi connectivity index (χ0n) is 21.4. The average Bonchev–Trinajstić information content (AvgIpc) is 3.02. The zero-order valence-corrected chi connectivity index (χ0v) is 24.2. The Hall–Kier alpha value is -1.88. The SMILES string of the molecule is CC(C)(C)C[CH-]NC1(C)C=CC=C(O)C=C1.CC1C=CC=C(O)C=C1.Cc1ccc(O)cc1.[Y]. The molecule has 0 spiro atoms. The van der Waals surface area contributed by atoms with Gasteiger partial charge in [0.05, 0.1) is 0 Å². The molecule has 1 radical (unpaired) electrons. The van der Waals surface area contributed by atoms with Crippen molar-refractivity contribution < 1.29 is 48.0 Å².